The van der Waals surface area contributed by atoms with E-state index in [4.69, 9.17) is 0 Å². The molecule has 1 N–H and O–H groups in total. The Kier molecular flexibility index (Phi) is 3.91. The van der Waals surface area contributed by atoms with Crippen LogP contribution in [-0.2, 0) is 14.6 Å². The topological polar surface area (TPSA) is 63.2 Å². The van der Waals surface area contributed by atoms with Crippen molar-refractivity contribution in [3.8, 4) is 0 Å². The van der Waals surface area contributed by atoms with Gasteiger partial charge in [0.05, 0.1) is 4.90 Å². The minimum absolute atomic E-state index is 0.256. The van der Waals surface area contributed by atoms with Crippen LogP contribution in [0.15, 0.2) is 23.1 Å². The van der Waals surface area contributed by atoms with E-state index in [1.54, 1.807) is 18.2 Å². The Bertz CT molecular complexity index is 629. The van der Waals surface area contributed by atoms with E-state index in [1.807, 2.05) is 13.8 Å². The fraction of sp³-hybridized carbons (Fsp3) is 0.533. The molecule has 1 aliphatic rings. The zero-order valence-electron chi connectivity index (χ0n) is 12.2. The number of carbonyl (C=O) groups is 1. The highest BCUT2D eigenvalue weighted by atomic mass is 32.2. The molecule has 20 heavy (non-hydrogen) atoms. The summed E-state index contributed by atoms with van der Waals surface area (Å²) in [7, 11) is -2.16. The molecule has 110 valence electrons. The third kappa shape index (κ3) is 2.14. The zero-order chi connectivity index (χ0) is 15.0. The maximum Gasteiger partial charge on any atom is 0.241 e. The van der Waals surface area contributed by atoms with Crippen molar-refractivity contribution in [3.05, 3.63) is 29.3 Å². The molecular weight excluding hydrogens is 274 g/mol. The number of hydrogen-bond acceptors (Lipinski definition) is 3. The molecule has 0 unspecified atom stereocenters. The smallest absolute Gasteiger partial charge is 0.241 e. The van der Waals surface area contributed by atoms with Gasteiger partial charge in [-0.15, -0.1) is 0 Å². The molecule has 0 spiro atoms. The van der Waals surface area contributed by atoms with Crippen molar-refractivity contribution in [3.63, 3.8) is 0 Å². The third-order valence-electron chi connectivity index (χ3n) is 4.36. The predicted molar refractivity (Wildman–Crippen MR) is 78.4 cm³/mol. The first-order valence-electron chi connectivity index (χ1n) is 6.89. The van der Waals surface area contributed by atoms with Crippen molar-refractivity contribution >= 4 is 15.7 Å². The van der Waals surface area contributed by atoms with Crippen LogP contribution in [0, 0.1) is 13.8 Å². The fourth-order valence-electron chi connectivity index (χ4n) is 2.90. The Morgan fingerprint density at radius 2 is 1.75 bits per heavy atom. The minimum Gasteiger partial charge on any atom is -0.358 e. The molecule has 0 aliphatic heterocycles. The van der Waals surface area contributed by atoms with Crippen LogP contribution in [-0.4, -0.2) is 26.1 Å². The van der Waals surface area contributed by atoms with Gasteiger partial charge in [-0.2, -0.15) is 0 Å². The molecule has 1 aliphatic carbocycles. The lowest BCUT2D eigenvalue weighted by Gasteiger charge is -2.27. The lowest BCUT2D eigenvalue weighted by molar-refractivity contribution is -0.123. The number of amides is 1. The molecule has 1 aromatic carbocycles. The van der Waals surface area contributed by atoms with Crippen LogP contribution in [0.4, 0.5) is 0 Å². The molecule has 1 saturated carbocycles. The average Bonchev–Trinajstić information content (AvgIpc) is 2.92. The van der Waals surface area contributed by atoms with Gasteiger partial charge in [0.1, 0.15) is 0 Å². The van der Waals surface area contributed by atoms with Gasteiger partial charge in [0.2, 0.25) is 5.91 Å². The summed E-state index contributed by atoms with van der Waals surface area (Å²) in [5.41, 5.74) is 1.97. The van der Waals surface area contributed by atoms with Gasteiger partial charge in [-0.05, 0) is 49.9 Å². The second kappa shape index (κ2) is 5.20. The molecular formula is C15H21NO3S. The highest BCUT2D eigenvalue weighted by Gasteiger charge is 2.52. The quantitative estimate of drug-likeness (QED) is 0.929. The first-order valence-corrected chi connectivity index (χ1v) is 8.37. The van der Waals surface area contributed by atoms with Crippen molar-refractivity contribution < 1.29 is 13.2 Å². The molecule has 0 atom stereocenters. The summed E-state index contributed by atoms with van der Waals surface area (Å²) in [4.78, 5) is 12.5. The number of sulfone groups is 1. The number of nitrogens with one attached hydrogen (secondary N) is 1. The lowest BCUT2D eigenvalue weighted by atomic mass is 10.1. The van der Waals surface area contributed by atoms with Crippen LogP contribution >= 0.6 is 0 Å². The van der Waals surface area contributed by atoms with Gasteiger partial charge in [0.15, 0.2) is 14.6 Å². The van der Waals surface area contributed by atoms with Gasteiger partial charge in [-0.1, -0.05) is 18.9 Å². The molecule has 5 heteroatoms. The summed E-state index contributed by atoms with van der Waals surface area (Å²) < 4.78 is 24.6. The second-order valence-electron chi connectivity index (χ2n) is 5.53. The Hall–Kier alpha value is -1.36. The highest BCUT2D eigenvalue weighted by molar-refractivity contribution is 7.93. The first kappa shape index (κ1) is 15.0. The number of benzene rings is 1. The van der Waals surface area contributed by atoms with Crippen LogP contribution in [0.2, 0.25) is 0 Å². The Balaban J connectivity index is 2.57. The minimum atomic E-state index is -3.66. The lowest BCUT2D eigenvalue weighted by Crippen LogP contribution is -2.49. The average molecular weight is 295 g/mol. The summed E-state index contributed by atoms with van der Waals surface area (Å²) in [5, 5.41) is 2.53. The van der Waals surface area contributed by atoms with Crippen LogP contribution in [0.5, 0.6) is 0 Å². The van der Waals surface area contributed by atoms with E-state index in [0.29, 0.717) is 12.8 Å². The molecule has 4 nitrogen and oxygen atoms in total. The van der Waals surface area contributed by atoms with Gasteiger partial charge in [0.25, 0.3) is 0 Å². The van der Waals surface area contributed by atoms with Gasteiger partial charge in [-0.25, -0.2) is 8.42 Å². The molecule has 1 aromatic rings. The van der Waals surface area contributed by atoms with E-state index in [1.165, 1.54) is 7.05 Å². The van der Waals surface area contributed by atoms with Crippen molar-refractivity contribution in [2.24, 2.45) is 0 Å². The molecule has 1 fully saturated rings. The van der Waals surface area contributed by atoms with E-state index in [0.717, 1.165) is 24.0 Å². The van der Waals surface area contributed by atoms with E-state index in [9.17, 15) is 13.2 Å². The highest BCUT2D eigenvalue weighted by Crippen LogP contribution is 2.41. The summed E-state index contributed by atoms with van der Waals surface area (Å²) in [5.74, 6) is -0.381. The molecule has 0 aromatic heterocycles. The van der Waals surface area contributed by atoms with Crippen molar-refractivity contribution in [2.75, 3.05) is 7.05 Å². The molecule has 0 radical (unpaired) electrons. The normalized spacial score (nSPS) is 17.9. The van der Waals surface area contributed by atoms with Gasteiger partial charge < -0.3 is 5.32 Å². The predicted octanol–water partition coefficient (Wildman–Crippen LogP) is 2.14. The van der Waals surface area contributed by atoms with Gasteiger partial charge in [0, 0.05) is 7.05 Å². The fourth-order valence-corrected chi connectivity index (χ4v) is 5.10. The van der Waals surface area contributed by atoms with Crippen LogP contribution in [0.1, 0.15) is 36.8 Å². The van der Waals surface area contributed by atoms with E-state index >= 15 is 0 Å². The van der Waals surface area contributed by atoms with Crippen molar-refractivity contribution in [1.82, 2.24) is 5.32 Å². The van der Waals surface area contributed by atoms with Crippen molar-refractivity contribution in [2.45, 2.75) is 49.2 Å². The Morgan fingerprint density at radius 1 is 1.15 bits per heavy atom. The summed E-state index contributed by atoms with van der Waals surface area (Å²) in [6.45, 7) is 3.82. The zero-order valence-corrected chi connectivity index (χ0v) is 13.0. The molecule has 1 amide bonds. The van der Waals surface area contributed by atoms with Crippen LogP contribution in [0.25, 0.3) is 0 Å². The summed E-state index contributed by atoms with van der Waals surface area (Å²) in [6, 6.07) is 5.09. The van der Waals surface area contributed by atoms with E-state index in [-0.39, 0.29) is 10.8 Å². The SMILES string of the molecule is CNC(=O)C1(S(=O)(=O)c2ccc(C)c(C)c2)CCCC1. The van der Waals surface area contributed by atoms with Crippen LogP contribution in [0.3, 0.4) is 0 Å². The van der Waals surface area contributed by atoms with Gasteiger partial charge >= 0.3 is 0 Å². The largest absolute Gasteiger partial charge is 0.358 e. The maximum absolute atomic E-state index is 13.0. The first-order chi connectivity index (χ1) is 9.35. The molecule has 2 rings (SSSR count). The summed E-state index contributed by atoms with van der Waals surface area (Å²) in [6.07, 6.45) is 2.36. The summed E-state index contributed by atoms with van der Waals surface area (Å²) >= 11 is 0. The Morgan fingerprint density at radius 3 is 2.25 bits per heavy atom. The number of hydrogen-bond donors (Lipinski definition) is 1. The van der Waals surface area contributed by atoms with Gasteiger partial charge in [-0.3, -0.25) is 4.79 Å². The second-order valence-corrected chi connectivity index (χ2v) is 7.79. The van der Waals surface area contributed by atoms with Crippen LogP contribution < -0.4 is 5.32 Å². The Labute approximate surface area is 120 Å². The third-order valence-corrected chi connectivity index (χ3v) is 6.85. The van der Waals surface area contributed by atoms with Crippen molar-refractivity contribution in [1.29, 1.82) is 0 Å². The molecule has 0 saturated heterocycles. The maximum atomic E-state index is 13.0. The van der Waals surface area contributed by atoms with E-state index in [2.05, 4.69) is 5.32 Å². The monoisotopic (exact) mass is 295 g/mol. The molecule has 0 bridgehead atoms. The number of rotatable bonds is 3. The number of aryl methyl sites for hydroxylation is 2. The standard InChI is InChI=1S/C15H21NO3S/c1-11-6-7-13(10-12(11)2)20(18,19)15(14(17)16-3)8-4-5-9-15/h6-7,10H,4-5,8-9H2,1-3H3,(H,16,17). The number of carbonyl (C=O) groups excluding carboxylic acids is 1. The van der Waals surface area contributed by atoms with E-state index < -0.39 is 14.6 Å². The molecule has 0 heterocycles.